The lowest BCUT2D eigenvalue weighted by Crippen LogP contribution is -2.03. The van der Waals surface area contributed by atoms with Crippen LogP contribution < -0.4 is 5.73 Å². The third-order valence-corrected chi connectivity index (χ3v) is 3.70. The number of hydrogen-bond acceptors (Lipinski definition) is 5. The van der Waals surface area contributed by atoms with Crippen molar-refractivity contribution in [1.82, 2.24) is 19.8 Å². The summed E-state index contributed by atoms with van der Waals surface area (Å²) in [6, 6.07) is 7.46. The van der Waals surface area contributed by atoms with E-state index in [1.54, 1.807) is 4.52 Å². The van der Waals surface area contributed by atoms with Gasteiger partial charge in [-0.05, 0) is 30.8 Å². The van der Waals surface area contributed by atoms with Crippen LogP contribution >= 0.6 is 22.9 Å². The summed E-state index contributed by atoms with van der Waals surface area (Å²) in [5.74, 6) is 0.723. The molecule has 0 radical (unpaired) electrons. The highest BCUT2D eigenvalue weighted by molar-refractivity contribution is 7.16. The van der Waals surface area contributed by atoms with Crippen LogP contribution in [0.1, 0.15) is 5.01 Å². The van der Waals surface area contributed by atoms with Gasteiger partial charge in [-0.1, -0.05) is 22.9 Å². The van der Waals surface area contributed by atoms with Gasteiger partial charge in [0.25, 0.3) is 0 Å². The van der Waals surface area contributed by atoms with Gasteiger partial charge in [-0.2, -0.15) is 9.61 Å². The van der Waals surface area contributed by atoms with Crippen LogP contribution in [0.25, 0.3) is 16.3 Å². The van der Waals surface area contributed by atoms with Crippen molar-refractivity contribution in [2.75, 3.05) is 6.54 Å². The highest BCUT2D eigenvalue weighted by atomic mass is 35.5. The second-order valence-electron chi connectivity index (χ2n) is 3.76. The Balaban J connectivity index is 2.08. The van der Waals surface area contributed by atoms with Gasteiger partial charge in [0, 0.05) is 17.0 Å². The van der Waals surface area contributed by atoms with Gasteiger partial charge in [0.1, 0.15) is 5.01 Å². The lowest BCUT2D eigenvalue weighted by atomic mass is 10.2. The SMILES string of the molecule is NCCc1nn2c(-c3ccc(Cl)cc3)nnc2s1. The van der Waals surface area contributed by atoms with Crippen molar-refractivity contribution in [3.63, 3.8) is 0 Å². The van der Waals surface area contributed by atoms with Crippen LogP contribution in [0.15, 0.2) is 24.3 Å². The van der Waals surface area contributed by atoms with E-state index in [2.05, 4.69) is 15.3 Å². The third-order valence-electron chi connectivity index (χ3n) is 2.49. The minimum absolute atomic E-state index is 0.584. The van der Waals surface area contributed by atoms with Gasteiger partial charge >= 0.3 is 0 Å². The summed E-state index contributed by atoms with van der Waals surface area (Å²) in [4.78, 5) is 0.781. The Labute approximate surface area is 112 Å². The molecule has 0 unspecified atom stereocenters. The van der Waals surface area contributed by atoms with Gasteiger partial charge in [0.05, 0.1) is 0 Å². The molecule has 2 aromatic heterocycles. The molecule has 3 rings (SSSR count). The molecule has 18 heavy (non-hydrogen) atoms. The second kappa shape index (κ2) is 4.64. The number of fused-ring (bicyclic) bond motifs is 1. The molecule has 0 fully saturated rings. The number of aromatic nitrogens is 4. The summed E-state index contributed by atoms with van der Waals surface area (Å²) in [6.45, 7) is 0.584. The maximum Gasteiger partial charge on any atom is 0.234 e. The largest absolute Gasteiger partial charge is 0.330 e. The predicted octanol–water partition coefficient (Wildman–Crippen LogP) is 2.01. The van der Waals surface area contributed by atoms with Gasteiger partial charge < -0.3 is 5.73 Å². The van der Waals surface area contributed by atoms with E-state index in [9.17, 15) is 0 Å². The standard InChI is InChI=1S/C11H10ClN5S/c12-8-3-1-7(2-4-8)10-14-15-11-17(10)16-9(18-11)5-6-13/h1-4H,5-6,13H2. The Hall–Kier alpha value is -1.50. The quantitative estimate of drug-likeness (QED) is 0.796. The van der Waals surface area contributed by atoms with E-state index in [1.807, 2.05) is 24.3 Å². The Morgan fingerprint density at radius 1 is 1.22 bits per heavy atom. The predicted molar refractivity (Wildman–Crippen MR) is 71.9 cm³/mol. The summed E-state index contributed by atoms with van der Waals surface area (Å²) in [5.41, 5.74) is 6.46. The summed E-state index contributed by atoms with van der Waals surface area (Å²) in [5, 5.41) is 14.4. The summed E-state index contributed by atoms with van der Waals surface area (Å²) < 4.78 is 1.75. The number of hydrogen-bond donors (Lipinski definition) is 1. The second-order valence-corrected chi connectivity index (χ2v) is 5.24. The average Bonchev–Trinajstić information content (AvgIpc) is 2.90. The first-order valence-corrected chi connectivity index (χ1v) is 6.64. The molecule has 7 heteroatoms. The number of benzene rings is 1. The molecule has 0 saturated carbocycles. The Morgan fingerprint density at radius 3 is 2.72 bits per heavy atom. The monoisotopic (exact) mass is 279 g/mol. The minimum Gasteiger partial charge on any atom is -0.330 e. The normalized spacial score (nSPS) is 11.2. The zero-order valence-electron chi connectivity index (χ0n) is 9.38. The van der Waals surface area contributed by atoms with E-state index >= 15 is 0 Å². The lowest BCUT2D eigenvalue weighted by molar-refractivity contribution is 0.871. The molecule has 2 N–H and O–H groups in total. The molecule has 0 spiro atoms. The van der Waals surface area contributed by atoms with Gasteiger partial charge in [0.15, 0.2) is 5.82 Å². The van der Waals surface area contributed by atoms with Crippen LogP contribution in [0.3, 0.4) is 0 Å². The highest BCUT2D eigenvalue weighted by Crippen LogP contribution is 2.22. The van der Waals surface area contributed by atoms with Gasteiger partial charge in [-0.15, -0.1) is 10.2 Å². The first kappa shape index (κ1) is 11.6. The fourth-order valence-corrected chi connectivity index (χ4v) is 2.63. The van der Waals surface area contributed by atoms with E-state index in [-0.39, 0.29) is 0 Å². The molecular weight excluding hydrogens is 270 g/mol. The molecular formula is C11H10ClN5S. The fraction of sp³-hybridized carbons (Fsp3) is 0.182. The van der Waals surface area contributed by atoms with Crippen molar-refractivity contribution in [2.45, 2.75) is 6.42 Å². The summed E-state index contributed by atoms with van der Waals surface area (Å²) in [7, 11) is 0. The Kier molecular flexibility index (Phi) is 2.99. The smallest absolute Gasteiger partial charge is 0.234 e. The van der Waals surface area contributed by atoms with E-state index in [4.69, 9.17) is 17.3 Å². The van der Waals surface area contributed by atoms with Crippen LogP contribution in [0.5, 0.6) is 0 Å². The number of nitrogens with zero attached hydrogens (tertiary/aromatic N) is 4. The van der Waals surface area contributed by atoms with E-state index in [1.165, 1.54) is 11.3 Å². The van der Waals surface area contributed by atoms with Crippen molar-refractivity contribution in [3.05, 3.63) is 34.3 Å². The lowest BCUT2D eigenvalue weighted by Gasteiger charge is -1.96. The van der Waals surface area contributed by atoms with Crippen LogP contribution in [-0.2, 0) is 6.42 Å². The van der Waals surface area contributed by atoms with Crippen LogP contribution in [0, 0.1) is 0 Å². The summed E-state index contributed by atoms with van der Waals surface area (Å²) in [6.07, 6.45) is 0.758. The zero-order valence-corrected chi connectivity index (χ0v) is 10.9. The van der Waals surface area contributed by atoms with Crippen molar-refractivity contribution < 1.29 is 0 Å². The van der Waals surface area contributed by atoms with E-state index in [0.717, 1.165) is 27.8 Å². The molecule has 0 saturated heterocycles. The maximum absolute atomic E-state index is 5.87. The molecule has 0 aliphatic rings. The maximum atomic E-state index is 5.87. The molecule has 0 aliphatic heterocycles. The fourth-order valence-electron chi connectivity index (χ4n) is 1.66. The zero-order chi connectivity index (χ0) is 12.5. The molecule has 92 valence electrons. The van der Waals surface area contributed by atoms with Crippen molar-refractivity contribution in [2.24, 2.45) is 5.73 Å². The van der Waals surface area contributed by atoms with Crippen LogP contribution in [0.4, 0.5) is 0 Å². The number of rotatable bonds is 3. The first-order chi connectivity index (χ1) is 8.78. The van der Waals surface area contributed by atoms with Gasteiger partial charge in [0.2, 0.25) is 4.96 Å². The molecule has 1 aromatic carbocycles. The number of nitrogens with two attached hydrogens (primary N) is 1. The van der Waals surface area contributed by atoms with Crippen LogP contribution in [0.2, 0.25) is 5.02 Å². The molecule has 5 nitrogen and oxygen atoms in total. The van der Waals surface area contributed by atoms with Crippen molar-refractivity contribution in [1.29, 1.82) is 0 Å². The van der Waals surface area contributed by atoms with Crippen molar-refractivity contribution >= 4 is 27.9 Å². The summed E-state index contributed by atoms with van der Waals surface area (Å²) >= 11 is 7.38. The molecule has 0 atom stereocenters. The van der Waals surface area contributed by atoms with Gasteiger partial charge in [-0.3, -0.25) is 0 Å². The molecule has 0 aliphatic carbocycles. The number of halogens is 1. The molecule has 0 amide bonds. The van der Waals surface area contributed by atoms with Gasteiger partial charge in [-0.25, -0.2) is 0 Å². The van der Waals surface area contributed by atoms with Crippen LogP contribution in [-0.4, -0.2) is 26.4 Å². The van der Waals surface area contributed by atoms with E-state index in [0.29, 0.717) is 11.6 Å². The average molecular weight is 280 g/mol. The minimum atomic E-state index is 0.584. The molecule has 3 aromatic rings. The Bertz CT molecular complexity index is 672. The highest BCUT2D eigenvalue weighted by Gasteiger charge is 2.12. The molecule has 0 bridgehead atoms. The van der Waals surface area contributed by atoms with E-state index < -0.39 is 0 Å². The third kappa shape index (κ3) is 1.98. The van der Waals surface area contributed by atoms with Crippen molar-refractivity contribution in [3.8, 4) is 11.4 Å². The first-order valence-electron chi connectivity index (χ1n) is 5.45. The Morgan fingerprint density at radius 2 is 2.00 bits per heavy atom. The topological polar surface area (TPSA) is 69.1 Å². The molecule has 2 heterocycles.